The lowest BCUT2D eigenvalue weighted by Gasteiger charge is -2.30. The van der Waals surface area contributed by atoms with Gasteiger partial charge in [-0.1, -0.05) is 6.92 Å². The van der Waals surface area contributed by atoms with Crippen molar-refractivity contribution < 1.29 is 41.4 Å². The summed E-state index contributed by atoms with van der Waals surface area (Å²) < 4.78 is 70.1. The van der Waals surface area contributed by atoms with E-state index in [4.69, 9.17) is 14.2 Å². The van der Waals surface area contributed by atoms with Gasteiger partial charge in [-0.2, -0.15) is 8.78 Å². The van der Waals surface area contributed by atoms with Gasteiger partial charge < -0.3 is 14.2 Å². The number of rotatable bonds is 10. The molecule has 28 heavy (non-hydrogen) atoms. The number of hydrogen-bond acceptors (Lipinski definition) is 6. The summed E-state index contributed by atoms with van der Waals surface area (Å²) in [5.41, 5.74) is -0.795. The summed E-state index contributed by atoms with van der Waals surface area (Å²) in [6.45, 7) is 5.93. The quantitative estimate of drug-likeness (QED) is 0.256. The Morgan fingerprint density at radius 2 is 1.39 bits per heavy atom. The average molecular weight is 409 g/mol. The van der Waals surface area contributed by atoms with Crippen molar-refractivity contribution in [3.63, 3.8) is 0 Å². The minimum absolute atomic E-state index is 0.0236. The second kappa shape index (κ2) is 10.9. The van der Waals surface area contributed by atoms with Gasteiger partial charge in [0.25, 0.3) is 5.95 Å². The first kappa shape index (κ1) is 23.8. The van der Waals surface area contributed by atoms with Gasteiger partial charge in [0.05, 0.1) is 25.0 Å². The lowest BCUT2D eigenvalue weighted by atomic mass is 9.85. The van der Waals surface area contributed by atoms with Crippen LogP contribution < -0.4 is 0 Å². The highest BCUT2D eigenvalue weighted by molar-refractivity contribution is 5.95. The van der Waals surface area contributed by atoms with Crippen molar-refractivity contribution in [2.75, 3.05) is 19.8 Å². The van der Waals surface area contributed by atoms with Crippen molar-refractivity contribution >= 4 is 11.9 Å². The van der Waals surface area contributed by atoms with E-state index in [1.165, 1.54) is 20.8 Å². The van der Waals surface area contributed by atoms with Crippen LogP contribution in [0.15, 0.2) is 0 Å². The third-order valence-electron chi connectivity index (χ3n) is 3.97. The summed E-state index contributed by atoms with van der Waals surface area (Å²) in [6, 6.07) is 0. The second-order valence-corrected chi connectivity index (χ2v) is 5.65. The van der Waals surface area contributed by atoms with Gasteiger partial charge in [-0.05, 0) is 27.2 Å². The molecule has 1 aromatic heterocycles. The molecule has 10 heteroatoms. The molecule has 0 aromatic carbocycles. The van der Waals surface area contributed by atoms with E-state index < -0.39 is 59.0 Å². The molecule has 0 radical (unpaired) electrons. The molecular formula is C18H23F4NO5. The maximum Gasteiger partial charge on any atom is 0.323 e. The summed E-state index contributed by atoms with van der Waals surface area (Å²) in [5.74, 6) is -12.6. The van der Waals surface area contributed by atoms with Crippen molar-refractivity contribution in [3.05, 3.63) is 29.1 Å². The Morgan fingerprint density at radius 3 is 1.82 bits per heavy atom. The standard InChI is InChI=1S/C18H23F4NO5/c1-5-9(14-12(20)11(19)13(21)16(22)23-14)15(26-6-2)10(17(24)27-7-3)18(25)28-8-4/h9-10,15H,5-8H2,1-4H3. The second-order valence-electron chi connectivity index (χ2n) is 5.65. The maximum absolute atomic E-state index is 14.3. The van der Waals surface area contributed by atoms with E-state index in [0.29, 0.717) is 0 Å². The first-order valence-corrected chi connectivity index (χ1v) is 8.89. The Morgan fingerprint density at radius 1 is 0.857 bits per heavy atom. The molecule has 6 nitrogen and oxygen atoms in total. The van der Waals surface area contributed by atoms with Gasteiger partial charge in [-0.25, -0.2) is 13.8 Å². The molecule has 2 atom stereocenters. The van der Waals surface area contributed by atoms with Crippen molar-refractivity contribution in [2.45, 2.75) is 46.1 Å². The minimum Gasteiger partial charge on any atom is -0.465 e. The van der Waals surface area contributed by atoms with Crippen LogP contribution in [0.5, 0.6) is 0 Å². The van der Waals surface area contributed by atoms with E-state index in [1.807, 2.05) is 0 Å². The van der Waals surface area contributed by atoms with E-state index in [0.717, 1.165) is 0 Å². The Labute approximate surface area is 160 Å². The molecule has 158 valence electrons. The third-order valence-corrected chi connectivity index (χ3v) is 3.97. The monoisotopic (exact) mass is 409 g/mol. The van der Waals surface area contributed by atoms with Crippen molar-refractivity contribution in [1.82, 2.24) is 4.98 Å². The SMILES string of the molecule is CCOC(=O)C(C(=O)OCC)C(OCC)C(CC)c1nc(F)c(F)c(F)c1F. The minimum atomic E-state index is -2.06. The highest BCUT2D eigenvalue weighted by Crippen LogP contribution is 2.33. The number of pyridine rings is 1. The van der Waals surface area contributed by atoms with Crippen LogP contribution in [0.25, 0.3) is 0 Å². The molecule has 0 amide bonds. The Hall–Kier alpha value is -2.23. The van der Waals surface area contributed by atoms with Crippen molar-refractivity contribution in [1.29, 1.82) is 0 Å². The Kier molecular flexibility index (Phi) is 9.30. The number of hydrogen-bond donors (Lipinski definition) is 0. The van der Waals surface area contributed by atoms with E-state index in [-0.39, 0.29) is 26.2 Å². The van der Waals surface area contributed by atoms with E-state index >= 15 is 0 Å². The van der Waals surface area contributed by atoms with Crippen LogP contribution >= 0.6 is 0 Å². The molecular weight excluding hydrogens is 386 g/mol. The van der Waals surface area contributed by atoms with E-state index in [1.54, 1.807) is 6.92 Å². The largest absolute Gasteiger partial charge is 0.465 e. The molecule has 0 bridgehead atoms. The molecule has 0 aliphatic rings. The van der Waals surface area contributed by atoms with Gasteiger partial charge in [-0.3, -0.25) is 9.59 Å². The number of nitrogens with zero attached hydrogens (tertiary/aromatic N) is 1. The molecule has 1 aromatic rings. The number of esters is 2. The van der Waals surface area contributed by atoms with Gasteiger partial charge in [0.15, 0.2) is 11.7 Å². The fourth-order valence-corrected chi connectivity index (χ4v) is 2.80. The summed E-state index contributed by atoms with van der Waals surface area (Å²) in [4.78, 5) is 27.9. The first-order chi connectivity index (χ1) is 13.2. The fraction of sp³-hybridized carbons (Fsp3) is 0.611. The zero-order valence-corrected chi connectivity index (χ0v) is 16.1. The molecule has 0 aliphatic carbocycles. The van der Waals surface area contributed by atoms with Crippen LogP contribution in [0.4, 0.5) is 17.6 Å². The van der Waals surface area contributed by atoms with Gasteiger partial charge >= 0.3 is 11.9 Å². The molecule has 0 N–H and O–H groups in total. The van der Waals surface area contributed by atoms with Crippen molar-refractivity contribution in [3.8, 4) is 0 Å². The topological polar surface area (TPSA) is 74.7 Å². The van der Waals surface area contributed by atoms with Crippen LogP contribution in [0.2, 0.25) is 0 Å². The zero-order valence-electron chi connectivity index (χ0n) is 16.1. The average Bonchev–Trinajstić information content (AvgIpc) is 2.65. The molecule has 0 aliphatic heterocycles. The number of aromatic nitrogens is 1. The van der Waals surface area contributed by atoms with Crippen LogP contribution in [-0.2, 0) is 23.8 Å². The zero-order chi connectivity index (χ0) is 21.4. The van der Waals surface area contributed by atoms with Crippen LogP contribution in [0.1, 0.15) is 45.7 Å². The fourth-order valence-electron chi connectivity index (χ4n) is 2.80. The molecule has 0 spiro atoms. The summed E-state index contributed by atoms with van der Waals surface area (Å²) >= 11 is 0. The molecule has 1 rings (SSSR count). The lowest BCUT2D eigenvalue weighted by Crippen LogP contribution is -2.43. The summed E-state index contributed by atoms with van der Waals surface area (Å²) in [7, 11) is 0. The lowest BCUT2D eigenvalue weighted by molar-refractivity contribution is -0.170. The first-order valence-electron chi connectivity index (χ1n) is 8.89. The molecule has 1 heterocycles. The Balaban J connectivity index is 3.53. The summed E-state index contributed by atoms with van der Waals surface area (Å²) in [5, 5.41) is 0. The smallest absolute Gasteiger partial charge is 0.323 e. The Bertz CT molecular complexity index is 683. The van der Waals surface area contributed by atoms with Crippen molar-refractivity contribution in [2.24, 2.45) is 5.92 Å². The number of carbonyl (C=O) groups excluding carboxylic acids is 2. The van der Waals surface area contributed by atoms with Crippen LogP contribution in [0, 0.1) is 29.3 Å². The normalized spacial score (nSPS) is 13.3. The van der Waals surface area contributed by atoms with Gasteiger partial charge in [0.2, 0.25) is 11.6 Å². The predicted octanol–water partition coefficient (Wildman–Crippen LogP) is 3.28. The van der Waals surface area contributed by atoms with Crippen LogP contribution in [0.3, 0.4) is 0 Å². The van der Waals surface area contributed by atoms with Gasteiger partial charge in [0.1, 0.15) is 0 Å². The molecule has 0 saturated heterocycles. The highest BCUT2D eigenvalue weighted by atomic mass is 19.2. The van der Waals surface area contributed by atoms with E-state index in [2.05, 4.69) is 4.98 Å². The number of ether oxygens (including phenoxy) is 3. The van der Waals surface area contributed by atoms with E-state index in [9.17, 15) is 27.2 Å². The number of halogens is 4. The van der Waals surface area contributed by atoms with Gasteiger partial charge in [0, 0.05) is 12.5 Å². The van der Waals surface area contributed by atoms with Gasteiger partial charge in [-0.15, -0.1) is 0 Å². The van der Waals surface area contributed by atoms with Crippen LogP contribution in [-0.4, -0.2) is 42.8 Å². The molecule has 0 saturated carbocycles. The molecule has 2 unspecified atom stereocenters. The predicted molar refractivity (Wildman–Crippen MR) is 89.3 cm³/mol. The summed E-state index contributed by atoms with van der Waals surface area (Å²) in [6.07, 6.45) is -1.44. The molecule has 0 fully saturated rings. The highest BCUT2D eigenvalue weighted by Gasteiger charge is 2.44. The number of carbonyl (C=O) groups is 2. The third kappa shape index (κ3) is 5.18. The maximum atomic E-state index is 14.3.